The van der Waals surface area contributed by atoms with E-state index in [1.165, 1.54) is 0 Å². The summed E-state index contributed by atoms with van der Waals surface area (Å²) >= 11 is 2.94. The Morgan fingerprint density at radius 3 is 2.74 bits per heavy atom. The predicted molar refractivity (Wildman–Crippen MR) is 74.8 cm³/mol. The van der Waals surface area contributed by atoms with E-state index in [4.69, 9.17) is 10.5 Å². The van der Waals surface area contributed by atoms with Crippen molar-refractivity contribution in [3.63, 3.8) is 0 Å². The molecule has 19 heavy (non-hydrogen) atoms. The van der Waals surface area contributed by atoms with Crippen LogP contribution in [0.1, 0.15) is 12.8 Å². The maximum absolute atomic E-state index is 13.2. The van der Waals surface area contributed by atoms with Crippen LogP contribution in [0.4, 0.5) is 10.1 Å². The maximum atomic E-state index is 13.2. The SMILES string of the molecule is COCCCCNS(=O)(=O)c1cc(Br)c(F)cc1N. The van der Waals surface area contributed by atoms with Crippen molar-refractivity contribution < 1.29 is 17.5 Å². The van der Waals surface area contributed by atoms with E-state index in [-0.39, 0.29) is 21.6 Å². The first kappa shape index (κ1) is 16.4. The van der Waals surface area contributed by atoms with E-state index in [0.29, 0.717) is 13.0 Å². The minimum atomic E-state index is -3.73. The van der Waals surface area contributed by atoms with E-state index in [9.17, 15) is 12.8 Å². The third-order valence-corrected chi connectivity index (χ3v) is 4.53. The summed E-state index contributed by atoms with van der Waals surface area (Å²) in [5.74, 6) is -0.600. The molecule has 5 nitrogen and oxygen atoms in total. The summed E-state index contributed by atoms with van der Waals surface area (Å²) in [6.45, 7) is 0.853. The lowest BCUT2D eigenvalue weighted by Crippen LogP contribution is -2.26. The van der Waals surface area contributed by atoms with Crippen LogP contribution in [0.15, 0.2) is 21.5 Å². The van der Waals surface area contributed by atoms with Gasteiger partial charge in [0.25, 0.3) is 0 Å². The first-order valence-corrected chi connectivity index (χ1v) is 7.89. The van der Waals surface area contributed by atoms with Crippen LogP contribution in [0, 0.1) is 5.82 Å². The lowest BCUT2D eigenvalue weighted by atomic mass is 10.3. The second-order valence-corrected chi connectivity index (χ2v) is 6.49. The van der Waals surface area contributed by atoms with Crippen LogP contribution in [-0.2, 0) is 14.8 Å². The van der Waals surface area contributed by atoms with Gasteiger partial charge in [-0.25, -0.2) is 17.5 Å². The molecule has 0 spiro atoms. The molecule has 3 N–H and O–H groups in total. The number of nitrogen functional groups attached to an aromatic ring is 1. The number of hydrogen-bond acceptors (Lipinski definition) is 4. The molecule has 0 atom stereocenters. The lowest BCUT2D eigenvalue weighted by Gasteiger charge is -2.10. The number of nitrogens with two attached hydrogens (primary N) is 1. The van der Waals surface area contributed by atoms with Crippen LogP contribution < -0.4 is 10.5 Å². The first-order chi connectivity index (χ1) is 8.88. The van der Waals surface area contributed by atoms with Crippen molar-refractivity contribution in [2.45, 2.75) is 17.7 Å². The van der Waals surface area contributed by atoms with Gasteiger partial charge >= 0.3 is 0 Å². The summed E-state index contributed by atoms with van der Waals surface area (Å²) in [5.41, 5.74) is 5.41. The van der Waals surface area contributed by atoms with E-state index >= 15 is 0 Å². The highest BCUT2D eigenvalue weighted by atomic mass is 79.9. The van der Waals surface area contributed by atoms with Gasteiger partial charge in [-0.15, -0.1) is 0 Å². The molecule has 0 radical (unpaired) electrons. The molecule has 0 aliphatic heterocycles. The molecular formula is C11H16BrFN2O3S. The molecular weight excluding hydrogens is 339 g/mol. The summed E-state index contributed by atoms with van der Waals surface area (Å²) in [4.78, 5) is -0.132. The van der Waals surface area contributed by atoms with Crippen molar-refractivity contribution in [2.75, 3.05) is 26.0 Å². The quantitative estimate of drug-likeness (QED) is 0.578. The summed E-state index contributed by atoms with van der Waals surface area (Å²) in [6, 6.07) is 2.13. The Balaban J connectivity index is 2.75. The van der Waals surface area contributed by atoms with E-state index in [1.54, 1.807) is 7.11 Å². The average molecular weight is 355 g/mol. The highest BCUT2D eigenvalue weighted by Crippen LogP contribution is 2.25. The normalized spacial score (nSPS) is 11.7. The minimum Gasteiger partial charge on any atom is -0.398 e. The van der Waals surface area contributed by atoms with Gasteiger partial charge in [0.05, 0.1) is 10.2 Å². The van der Waals surface area contributed by atoms with E-state index in [2.05, 4.69) is 20.7 Å². The molecule has 0 aliphatic rings. The van der Waals surface area contributed by atoms with Gasteiger partial charge in [-0.3, -0.25) is 0 Å². The predicted octanol–water partition coefficient (Wildman–Crippen LogP) is 1.88. The fraction of sp³-hybridized carbons (Fsp3) is 0.455. The first-order valence-electron chi connectivity index (χ1n) is 5.61. The number of halogens is 2. The molecule has 0 heterocycles. The third-order valence-electron chi connectivity index (χ3n) is 2.41. The third kappa shape index (κ3) is 4.72. The van der Waals surface area contributed by atoms with Gasteiger partial charge in [0.2, 0.25) is 10.0 Å². The summed E-state index contributed by atoms with van der Waals surface area (Å²) in [6.07, 6.45) is 1.40. The van der Waals surface area contributed by atoms with Gasteiger partial charge in [0.15, 0.2) is 0 Å². The fourth-order valence-electron chi connectivity index (χ4n) is 1.43. The number of rotatable bonds is 7. The number of anilines is 1. The number of sulfonamides is 1. The molecule has 1 aromatic carbocycles. The molecule has 0 bridgehead atoms. The summed E-state index contributed by atoms with van der Waals surface area (Å²) < 4.78 is 44.5. The summed E-state index contributed by atoms with van der Waals surface area (Å²) in [7, 11) is -2.15. The van der Waals surface area contributed by atoms with Crippen LogP contribution in [0.25, 0.3) is 0 Å². The molecule has 0 aromatic heterocycles. The average Bonchev–Trinajstić information content (AvgIpc) is 2.33. The Bertz CT molecular complexity index is 537. The maximum Gasteiger partial charge on any atom is 0.242 e. The molecule has 0 unspecified atom stereocenters. The Morgan fingerprint density at radius 2 is 2.11 bits per heavy atom. The van der Waals surface area contributed by atoms with Crippen molar-refractivity contribution in [1.29, 1.82) is 0 Å². The van der Waals surface area contributed by atoms with E-state index in [0.717, 1.165) is 18.6 Å². The Kier molecular flexibility index (Phi) is 6.18. The zero-order valence-corrected chi connectivity index (χ0v) is 12.9. The van der Waals surface area contributed by atoms with Gasteiger partial charge in [-0.05, 0) is 40.9 Å². The molecule has 0 fully saturated rings. The number of methoxy groups -OCH3 is 1. The number of hydrogen-bond donors (Lipinski definition) is 2. The highest BCUT2D eigenvalue weighted by Gasteiger charge is 2.19. The Hall–Kier alpha value is -0.700. The molecule has 0 saturated heterocycles. The van der Waals surface area contributed by atoms with Crippen LogP contribution in [0.2, 0.25) is 0 Å². The monoisotopic (exact) mass is 354 g/mol. The Labute approximate surface area is 120 Å². The van der Waals surface area contributed by atoms with Gasteiger partial charge in [0, 0.05) is 20.3 Å². The number of nitrogens with one attached hydrogen (secondary N) is 1. The molecule has 1 aromatic rings. The van der Waals surface area contributed by atoms with Crippen molar-refractivity contribution >= 4 is 31.6 Å². The second-order valence-electron chi connectivity index (χ2n) is 3.90. The van der Waals surface area contributed by atoms with E-state index < -0.39 is 15.8 Å². The standard InChI is InChI=1S/C11H16BrFN2O3S/c1-18-5-3-2-4-15-19(16,17)11-6-8(12)9(13)7-10(11)14/h6-7,15H,2-5,14H2,1H3. The molecule has 8 heteroatoms. The second kappa shape index (κ2) is 7.18. The van der Waals surface area contributed by atoms with Crippen LogP contribution >= 0.6 is 15.9 Å². The lowest BCUT2D eigenvalue weighted by molar-refractivity contribution is 0.193. The van der Waals surface area contributed by atoms with Gasteiger partial charge in [0.1, 0.15) is 10.7 Å². The highest BCUT2D eigenvalue weighted by molar-refractivity contribution is 9.10. The van der Waals surface area contributed by atoms with Gasteiger partial charge in [-0.2, -0.15) is 0 Å². The minimum absolute atomic E-state index is 0.0569. The Morgan fingerprint density at radius 1 is 1.42 bits per heavy atom. The van der Waals surface area contributed by atoms with Crippen LogP contribution in [0.5, 0.6) is 0 Å². The number of ether oxygens (including phenoxy) is 1. The van der Waals surface area contributed by atoms with Crippen LogP contribution in [-0.4, -0.2) is 28.7 Å². The van der Waals surface area contributed by atoms with Crippen molar-refractivity contribution in [2.24, 2.45) is 0 Å². The van der Waals surface area contributed by atoms with E-state index in [1.807, 2.05) is 0 Å². The zero-order chi connectivity index (χ0) is 14.5. The molecule has 0 saturated carbocycles. The van der Waals surface area contributed by atoms with Crippen molar-refractivity contribution in [1.82, 2.24) is 4.72 Å². The smallest absolute Gasteiger partial charge is 0.242 e. The summed E-state index contributed by atoms with van der Waals surface area (Å²) in [5, 5.41) is 0. The fourth-order valence-corrected chi connectivity index (χ4v) is 3.14. The topological polar surface area (TPSA) is 81.4 Å². The molecule has 0 amide bonds. The number of unbranched alkanes of at least 4 members (excludes halogenated alkanes) is 1. The largest absolute Gasteiger partial charge is 0.398 e. The number of benzene rings is 1. The van der Waals surface area contributed by atoms with Crippen LogP contribution in [0.3, 0.4) is 0 Å². The van der Waals surface area contributed by atoms with Crippen molar-refractivity contribution in [3.8, 4) is 0 Å². The molecule has 0 aliphatic carbocycles. The van der Waals surface area contributed by atoms with Gasteiger partial charge < -0.3 is 10.5 Å². The zero-order valence-electron chi connectivity index (χ0n) is 10.4. The van der Waals surface area contributed by atoms with Gasteiger partial charge in [-0.1, -0.05) is 0 Å². The molecule has 108 valence electrons. The molecule has 1 rings (SSSR count). The van der Waals surface area contributed by atoms with Crippen molar-refractivity contribution in [3.05, 3.63) is 22.4 Å².